The predicted octanol–water partition coefficient (Wildman–Crippen LogP) is 0.562. The van der Waals surface area contributed by atoms with Crippen LogP contribution in [-0.4, -0.2) is 35.5 Å². The molecule has 0 aliphatic carbocycles. The van der Waals surface area contributed by atoms with Gasteiger partial charge in [-0.05, 0) is 12.8 Å². The summed E-state index contributed by atoms with van der Waals surface area (Å²) in [5.74, 6) is 0. The van der Waals surface area contributed by atoms with Crippen molar-refractivity contribution in [3.63, 3.8) is 0 Å². The summed E-state index contributed by atoms with van der Waals surface area (Å²) in [6, 6.07) is 0. The molecule has 13 heavy (non-hydrogen) atoms. The van der Waals surface area contributed by atoms with Gasteiger partial charge in [0.25, 0.3) is 0 Å². The van der Waals surface area contributed by atoms with Gasteiger partial charge in [0, 0.05) is 31.5 Å². The van der Waals surface area contributed by atoms with Crippen molar-refractivity contribution in [2.75, 3.05) is 20.4 Å². The lowest BCUT2D eigenvalue weighted by Gasteiger charge is -2.17. The smallest absolute Gasteiger partial charge is 0.117 e. The third kappa shape index (κ3) is 1.89. The Morgan fingerprint density at radius 1 is 1.69 bits per heavy atom. The Hall–Kier alpha value is -0.870. The second kappa shape index (κ2) is 3.89. The standard InChI is InChI=1S/C9H14N3O/c1-13-7-12-4-2-3-9-8(6-12)5-10-11-9/h2-4,6-7H2,1H3,(H,10,11). The first-order valence-corrected chi connectivity index (χ1v) is 4.55. The van der Waals surface area contributed by atoms with Crippen molar-refractivity contribution >= 4 is 0 Å². The second-order valence-electron chi connectivity index (χ2n) is 3.37. The quantitative estimate of drug-likeness (QED) is 0.723. The molecule has 1 radical (unpaired) electrons. The molecule has 1 aromatic rings. The molecule has 0 unspecified atom stereocenters. The Balaban J connectivity index is 2.07. The minimum atomic E-state index is 0.693. The molecule has 1 aliphatic heterocycles. The first-order chi connectivity index (χ1) is 6.40. The van der Waals surface area contributed by atoms with Crippen molar-refractivity contribution in [3.8, 4) is 0 Å². The fourth-order valence-electron chi connectivity index (χ4n) is 1.71. The summed E-state index contributed by atoms with van der Waals surface area (Å²) in [6.07, 6.45) is 5.22. The number of nitrogens with zero attached hydrogens (tertiary/aromatic N) is 2. The van der Waals surface area contributed by atoms with Gasteiger partial charge in [-0.3, -0.25) is 10.00 Å². The van der Waals surface area contributed by atoms with E-state index in [1.165, 1.54) is 11.3 Å². The van der Waals surface area contributed by atoms with Crippen LogP contribution < -0.4 is 0 Å². The number of hydrogen-bond donors (Lipinski definition) is 1. The van der Waals surface area contributed by atoms with Crippen LogP contribution in [0.25, 0.3) is 0 Å². The maximum Gasteiger partial charge on any atom is 0.117 e. The van der Waals surface area contributed by atoms with Crippen LogP contribution in [0, 0.1) is 6.20 Å². The number of rotatable bonds is 2. The van der Waals surface area contributed by atoms with Crippen molar-refractivity contribution < 1.29 is 4.74 Å². The molecule has 2 rings (SSSR count). The number of nitrogens with one attached hydrogen (secondary N) is 1. The Labute approximate surface area is 77.9 Å². The molecule has 1 aromatic heterocycles. The monoisotopic (exact) mass is 180 g/mol. The lowest BCUT2D eigenvalue weighted by molar-refractivity contribution is 0.0590. The molecule has 1 N–H and O–H groups in total. The van der Waals surface area contributed by atoms with Gasteiger partial charge >= 0.3 is 0 Å². The van der Waals surface area contributed by atoms with E-state index in [9.17, 15) is 0 Å². The summed E-state index contributed by atoms with van der Waals surface area (Å²) < 4.78 is 5.11. The van der Waals surface area contributed by atoms with E-state index in [4.69, 9.17) is 4.74 Å². The maximum absolute atomic E-state index is 5.11. The zero-order valence-corrected chi connectivity index (χ0v) is 7.84. The van der Waals surface area contributed by atoms with E-state index in [0.717, 1.165) is 25.9 Å². The molecule has 0 fully saturated rings. The van der Waals surface area contributed by atoms with Crippen LogP contribution in [0.2, 0.25) is 0 Å². The number of aromatic amines is 1. The van der Waals surface area contributed by atoms with E-state index in [1.54, 1.807) is 7.11 Å². The van der Waals surface area contributed by atoms with Crippen LogP contribution in [0.1, 0.15) is 17.7 Å². The van der Waals surface area contributed by atoms with E-state index >= 15 is 0 Å². The van der Waals surface area contributed by atoms with Gasteiger partial charge in [-0.25, -0.2) is 0 Å². The Bertz CT molecular complexity index is 272. The van der Waals surface area contributed by atoms with E-state index in [1.807, 2.05) is 0 Å². The Morgan fingerprint density at radius 2 is 2.62 bits per heavy atom. The van der Waals surface area contributed by atoms with Gasteiger partial charge in [-0.1, -0.05) is 0 Å². The second-order valence-corrected chi connectivity index (χ2v) is 3.37. The summed E-state index contributed by atoms with van der Waals surface area (Å²) in [5.41, 5.74) is 2.42. The molecule has 1 aliphatic rings. The zero-order chi connectivity index (χ0) is 9.10. The first kappa shape index (κ1) is 8.72. The summed E-state index contributed by atoms with van der Waals surface area (Å²) in [5, 5.41) is 6.91. The summed E-state index contributed by atoms with van der Waals surface area (Å²) in [6.45, 7) is 2.68. The van der Waals surface area contributed by atoms with Gasteiger partial charge in [0.2, 0.25) is 0 Å². The fourth-order valence-corrected chi connectivity index (χ4v) is 1.71. The maximum atomic E-state index is 5.11. The predicted molar refractivity (Wildman–Crippen MR) is 48.0 cm³/mol. The van der Waals surface area contributed by atoms with E-state index in [0.29, 0.717) is 6.73 Å². The summed E-state index contributed by atoms with van der Waals surface area (Å²) in [4.78, 5) is 2.26. The molecular weight excluding hydrogens is 166 g/mol. The number of H-pyrrole nitrogens is 1. The topological polar surface area (TPSA) is 41.1 Å². The first-order valence-electron chi connectivity index (χ1n) is 4.55. The average molecular weight is 180 g/mol. The molecule has 0 atom stereocenters. The van der Waals surface area contributed by atoms with Gasteiger partial charge in [-0.2, -0.15) is 5.10 Å². The lowest BCUT2D eigenvalue weighted by atomic mass is 10.2. The van der Waals surface area contributed by atoms with Crippen LogP contribution >= 0.6 is 0 Å². The molecule has 2 heterocycles. The number of hydrogen-bond acceptors (Lipinski definition) is 3. The van der Waals surface area contributed by atoms with Crippen LogP contribution in [0.5, 0.6) is 0 Å². The minimum absolute atomic E-state index is 0.693. The Kier molecular flexibility index (Phi) is 2.61. The number of aryl methyl sites for hydroxylation is 1. The highest BCUT2D eigenvalue weighted by Gasteiger charge is 2.15. The van der Waals surface area contributed by atoms with Gasteiger partial charge in [0.05, 0.1) is 6.73 Å². The number of aromatic nitrogens is 2. The molecule has 0 bridgehead atoms. The molecule has 4 heteroatoms. The average Bonchev–Trinajstić information content (AvgIpc) is 2.46. The largest absolute Gasteiger partial charge is 0.369 e. The van der Waals surface area contributed by atoms with Gasteiger partial charge in [0.1, 0.15) is 6.20 Å². The van der Waals surface area contributed by atoms with E-state index in [2.05, 4.69) is 21.3 Å². The molecule has 0 saturated heterocycles. The third-order valence-electron chi connectivity index (χ3n) is 2.34. The molecule has 0 aromatic carbocycles. The SMILES string of the molecule is COCN1CCCc2[nH]n[c]c2C1. The molecule has 0 saturated carbocycles. The van der Waals surface area contributed by atoms with Crippen molar-refractivity contribution in [2.45, 2.75) is 19.4 Å². The number of methoxy groups -OCH3 is 1. The van der Waals surface area contributed by atoms with Crippen LogP contribution in [-0.2, 0) is 17.7 Å². The summed E-state index contributed by atoms with van der Waals surface area (Å²) in [7, 11) is 1.73. The van der Waals surface area contributed by atoms with Gasteiger partial charge in [-0.15, -0.1) is 0 Å². The van der Waals surface area contributed by atoms with E-state index < -0.39 is 0 Å². The molecule has 0 spiro atoms. The number of fused-ring (bicyclic) bond motifs is 1. The minimum Gasteiger partial charge on any atom is -0.369 e. The zero-order valence-electron chi connectivity index (χ0n) is 7.84. The van der Waals surface area contributed by atoms with E-state index in [-0.39, 0.29) is 0 Å². The molecule has 0 amide bonds. The van der Waals surface area contributed by atoms with Crippen LogP contribution in [0.3, 0.4) is 0 Å². The fraction of sp³-hybridized carbons (Fsp3) is 0.667. The third-order valence-corrected chi connectivity index (χ3v) is 2.34. The van der Waals surface area contributed by atoms with Crippen LogP contribution in [0.4, 0.5) is 0 Å². The summed E-state index contributed by atoms with van der Waals surface area (Å²) >= 11 is 0. The highest BCUT2D eigenvalue weighted by atomic mass is 16.5. The molecular formula is C9H14N3O. The highest BCUT2D eigenvalue weighted by molar-refractivity contribution is 5.16. The van der Waals surface area contributed by atoms with Gasteiger partial charge < -0.3 is 4.74 Å². The van der Waals surface area contributed by atoms with Crippen molar-refractivity contribution in [2.24, 2.45) is 0 Å². The highest BCUT2D eigenvalue weighted by Crippen LogP contribution is 2.14. The van der Waals surface area contributed by atoms with Crippen molar-refractivity contribution in [3.05, 3.63) is 17.5 Å². The number of ether oxygens (including phenoxy) is 1. The lowest BCUT2D eigenvalue weighted by Crippen LogP contribution is -2.25. The normalized spacial score (nSPS) is 18.2. The van der Waals surface area contributed by atoms with Crippen molar-refractivity contribution in [1.29, 1.82) is 0 Å². The van der Waals surface area contributed by atoms with Crippen molar-refractivity contribution in [1.82, 2.24) is 15.1 Å². The Morgan fingerprint density at radius 3 is 3.46 bits per heavy atom. The molecule has 71 valence electrons. The van der Waals surface area contributed by atoms with Gasteiger partial charge in [0.15, 0.2) is 0 Å². The molecule has 4 nitrogen and oxygen atoms in total. The van der Waals surface area contributed by atoms with Crippen LogP contribution in [0.15, 0.2) is 0 Å².